The summed E-state index contributed by atoms with van der Waals surface area (Å²) >= 11 is 6.50. The Morgan fingerprint density at radius 2 is 1.65 bits per heavy atom. The summed E-state index contributed by atoms with van der Waals surface area (Å²) in [6.07, 6.45) is 3.43. The van der Waals surface area contributed by atoms with Crippen molar-refractivity contribution >= 4 is 73.9 Å². The monoisotopic (exact) mass is 856 g/mol. The van der Waals surface area contributed by atoms with Crippen LogP contribution in [-0.4, -0.2) is 95.4 Å². The highest BCUT2D eigenvalue weighted by molar-refractivity contribution is 7.92. The van der Waals surface area contributed by atoms with Gasteiger partial charge in [-0.25, -0.2) is 13.4 Å². The highest BCUT2D eigenvalue weighted by atomic mass is 35.5. The molecule has 316 valence electrons. The molecule has 0 spiro atoms. The summed E-state index contributed by atoms with van der Waals surface area (Å²) in [5.41, 5.74) is 4.55. The molecule has 2 fully saturated rings. The van der Waals surface area contributed by atoms with Crippen LogP contribution in [-0.2, 0) is 19.4 Å². The van der Waals surface area contributed by atoms with E-state index in [-0.39, 0.29) is 51.8 Å². The second kappa shape index (κ2) is 17.6. The number of amides is 4. The van der Waals surface area contributed by atoms with Crippen LogP contribution in [0.15, 0.2) is 65.7 Å². The molecule has 1 aromatic heterocycles. The second-order valence-corrected chi connectivity index (χ2v) is 18.7. The lowest BCUT2D eigenvalue weighted by molar-refractivity contribution is -0.136. The quantitative estimate of drug-likeness (QED) is 0.0995. The number of piperidine rings is 2. The van der Waals surface area contributed by atoms with E-state index in [2.05, 4.69) is 49.1 Å². The average molecular weight is 857 g/mol. The van der Waals surface area contributed by atoms with Gasteiger partial charge in [-0.1, -0.05) is 23.7 Å². The Kier molecular flexibility index (Phi) is 12.5. The number of nitrogens with zero attached hydrogens (tertiary/aromatic N) is 4. The van der Waals surface area contributed by atoms with Crippen molar-refractivity contribution in [1.29, 1.82) is 0 Å². The van der Waals surface area contributed by atoms with Crippen molar-refractivity contribution in [1.82, 2.24) is 25.1 Å². The number of rotatable bonds is 14. The lowest BCUT2D eigenvalue weighted by Crippen LogP contribution is -2.54. The molecule has 60 heavy (non-hydrogen) atoms. The number of likely N-dealkylation sites (tertiary alicyclic amines) is 1. The SMILES string of the molecule is Cc1cc(Nc2ncc(Cl)c(Nc3ccccc3S(=O)(=O)C(C)C)n2)c(OC(C)C)cc1C1CCN(CCNc2ccc3c(c2)C(=O)N(C2CCC(=O)NC2=O)C3=O)CC1. The molecule has 1 atom stereocenters. The molecule has 0 bridgehead atoms. The zero-order valence-electron chi connectivity index (χ0n) is 34.2. The number of aryl methyl sites for hydroxylation is 1. The number of anilines is 5. The largest absolute Gasteiger partial charge is 0.489 e. The van der Waals surface area contributed by atoms with Crippen LogP contribution < -0.4 is 26.0 Å². The van der Waals surface area contributed by atoms with Crippen molar-refractivity contribution in [3.8, 4) is 5.75 Å². The summed E-state index contributed by atoms with van der Waals surface area (Å²) in [5.74, 6) is -0.621. The van der Waals surface area contributed by atoms with E-state index in [1.807, 2.05) is 19.9 Å². The smallest absolute Gasteiger partial charge is 0.262 e. The van der Waals surface area contributed by atoms with Gasteiger partial charge in [0.1, 0.15) is 16.8 Å². The molecule has 3 aromatic carbocycles. The zero-order valence-corrected chi connectivity index (χ0v) is 35.7. The molecule has 4 heterocycles. The van der Waals surface area contributed by atoms with E-state index in [1.54, 1.807) is 56.3 Å². The topological polar surface area (TPSA) is 192 Å². The van der Waals surface area contributed by atoms with Crippen LogP contribution in [0.4, 0.5) is 28.8 Å². The molecule has 7 rings (SSSR count). The number of benzene rings is 3. The third-order valence-electron chi connectivity index (χ3n) is 11.0. The zero-order chi connectivity index (χ0) is 42.9. The average Bonchev–Trinajstić information content (AvgIpc) is 3.45. The van der Waals surface area contributed by atoms with E-state index in [0.29, 0.717) is 35.3 Å². The van der Waals surface area contributed by atoms with Gasteiger partial charge in [-0.2, -0.15) is 4.98 Å². The van der Waals surface area contributed by atoms with Gasteiger partial charge in [0.15, 0.2) is 15.7 Å². The lowest BCUT2D eigenvalue weighted by Gasteiger charge is -2.33. The van der Waals surface area contributed by atoms with Crippen LogP contribution in [0.25, 0.3) is 0 Å². The van der Waals surface area contributed by atoms with Crippen LogP contribution in [0.5, 0.6) is 5.75 Å². The van der Waals surface area contributed by atoms with Gasteiger partial charge in [0.05, 0.1) is 44.9 Å². The number of hydrogen-bond donors (Lipinski definition) is 4. The van der Waals surface area contributed by atoms with Crippen molar-refractivity contribution in [3.05, 3.63) is 88.1 Å². The fourth-order valence-electron chi connectivity index (χ4n) is 7.83. The van der Waals surface area contributed by atoms with E-state index < -0.39 is 44.8 Å². The molecule has 4 N–H and O–H groups in total. The second-order valence-electron chi connectivity index (χ2n) is 15.9. The number of halogens is 1. The third-order valence-corrected chi connectivity index (χ3v) is 13.5. The fourth-order valence-corrected chi connectivity index (χ4v) is 9.17. The number of aromatic nitrogens is 2. The molecule has 4 aromatic rings. The maximum absolute atomic E-state index is 13.2. The van der Waals surface area contributed by atoms with Gasteiger partial charge in [-0.05, 0) is 126 Å². The summed E-state index contributed by atoms with van der Waals surface area (Å²) in [4.78, 5) is 62.9. The van der Waals surface area contributed by atoms with E-state index in [4.69, 9.17) is 16.3 Å². The van der Waals surface area contributed by atoms with Gasteiger partial charge >= 0.3 is 0 Å². The Balaban J connectivity index is 0.973. The number of para-hydroxylation sites is 1. The number of hydrogen-bond acceptors (Lipinski definition) is 13. The Hall–Kier alpha value is -5.58. The van der Waals surface area contributed by atoms with Crippen molar-refractivity contribution in [3.63, 3.8) is 0 Å². The van der Waals surface area contributed by atoms with Gasteiger partial charge in [0.2, 0.25) is 17.8 Å². The molecule has 15 nitrogen and oxygen atoms in total. The Bertz CT molecular complexity index is 2450. The molecular weight excluding hydrogens is 808 g/mol. The normalized spacial score (nSPS) is 17.6. The van der Waals surface area contributed by atoms with Gasteiger partial charge in [-0.3, -0.25) is 29.4 Å². The first kappa shape index (κ1) is 42.5. The van der Waals surface area contributed by atoms with Crippen molar-refractivity contribution in [2.24, 2.45) is 0 Å². The molecule has 3 aliphatic rings. The number of sulfone groups is 1. The van der Waals surface area contributed by atoms with Crippen LogP contribution >= 0.6 is 11.6 Å². The number of carbonyl (C=O) groups is 4. The van der Waals surface area contributed by atoms with Gasteiger partial charge < -0.3 is 25.6 Å². The summed E-state index contributed by atoms with van der Waals surface area (Å²) in [6, 6.07) is 14.8. The van der Waals surface area contributed by atoms with E-state index in [1.165, 1.54) is 11.8 Å². The molecule has 17 heteroatoms. The number of ether oxygens (including phenoxy) is 1. The third kappa shape index (κ3) is 8.95. The Labute approximate surface area is 354 Å². The van der Waals surface area contributed by atoms with Crippen LogP contribution in [0.1, 0.15) is 91.1 Å². The fraction of sp³-hybridized carbons (Fsp3) is 0.395. The van der Waals surface area contributed by atoms with Crippen molar-refractivity contribution in [2.45, 2.75) is 88.5 Å². The first-order chi connectivity index (χ1) is 28.6. The molecule has 2 saturated heterocycles. The summed E-state index contributed by atoms with van der Waals surface area (Å²) < 4.78 is 32.5. The summed E-state index contributed by atoms with van der Waals surface area (Å²) in [5, 5.41) is 11.6. The number of nitrogens with one attached hydrogen (secondary N) is 4. The van der Waals surface area contributed by atoms with Gasteiger partial charge in [0.25, 0.3) is 11.8 Å². The van der Waals surface area contributed by atoms with Crippen LogP contribution in [0.2, 0.25) is 5.02 Å². The molecule has 4 amide bonds. The van der Waals surface area contributed by atoms with Crippen molar-refractivity contribution in [2.75, 3.05) is 42.1 Å². The molecule has 1 unspecified atom stereocenters. The Morgan fingerprint density at radius 3 is 2.37 bits per heavy atom. The van der Waals surface area contributed by atoms with Gasteiger partial charge in [-0.15, -0.1) is 0 Å². The highest BCUT2D eigenvalue weighted by Crippen LogP contribution is 2.39. The predicted molar refractivity (Wildman–Crippen MR) is 229 cm³/mol. The molecule has 3 aliphatic heterocycles. The van der Waals surface area contributed by atoms with E-state index in [0.717, 1.165) is 42.9 Å². The minimum absolute atomic E-state index is 0.0705. The minimum Gasteiger partial charge on any atom is -0.489 e. The van der Waals surface area contributed by atoms with Crippen molar-refractivity contribution < 1.29 is 32.3 Å². The number of fused-ring (bicyclic) bond motifs is 1. The first-order valence-corrected chi connectivity index (χ1v) is 22.1. The first-order valence-electron chi connectivity index (χ1n) is 20.1. The number of imide groups is 2. The van der Waals surface area contributed by atoms with Gasteiger partial charge in [0, 0.05) is 25.2 Å². The van der Waals surface area contributed by atoms with Crippen LogP contribution in [0.3, 0.4) is 0 Å². The molecular formula is C43H49ClN8O7S. The molecule has 0 saturated carbocycles. The predicted octanol–water partition coefficient (Wildman–Crippen LogP) is 6.59. The number of carbonyl (C=O) groups excluding carboxylic acids is 4. The molecule has 0 radical (unpaired) electrons. The standard InChI is InChI=1S/C43H49ClN8O7S/c1-24(2)59-36-22-30(26(5)20-34(36)48-43-46-23-32(44)39(50-43)47-33-8-6-7-9-37(33)60(57,58)25(3)4)27-14-17-51(18-15-27)19-16-45-28-10-11-29-31(21-28)42(56)52(41(29)55)35-12-13-38(53)49-40(35)54/h6-11,20-25,27,35,45H,12-19H2,1-5H3,(H,49,53,54)(H2,46,47,48,50). The highest BCUT2D eigenvalue weighted by Gasteiger charge is 2.44. The van der Waals surface area contributed by atoms with E-state index >= 15 is 0 Å². The summed E-state index contributed by atoms with van der Waals surface area (Å²) in [7, 11) is -3.59. The maximum atomic E-state index is 13.2. The minimum atomic E-state index is -3.59. The maximum Gasteiger partial charge on any atom is 0.262 e. The summed E-state index contributed by atoms with van der Waals surface area (Å²) in [6.45, 7) is 12.5. The van der Waals surface area contributed by atoms with E-state index in [9.17, 15) is 27.6 Å². The molecule has 0 aliphatic carbocycles. The van der Waals surface area contributed by atoms with Crippen LogP contribution in [0, 0.1) is 6.92 Å². The Morgan fingerprint density at radius 1 is 0.917 bits per heavy atom. The lowest BCUT2D eigenvalue weighted by atomic mass is 9.86.